The van der Waals surface area contributed by atoms with Gasteiger partial charge in [-0.3, -0.25) is 4.68 Å². The van der Waals surface area contributed by atoms with E-state index in [2.05, 4.69) is 36.1 Å². The minimum atomic E-state index is -0.946. The van der Waals surface area contributed by atoms with E-state index in [1.807, 2.05) is 7.05 Å². The fourth-order valence-electron chi connectivity index (χ4n) is 3.45. The van der Waals surface area contributed by atoms with E-state index < -0.39 is 6.09 Å². The fraction of sp³-hybridized carbons (Fsp3) is 0.733. The molecule has 1 aliphatic heterocycles. The van der Waals surface area contributed by atoms with Crippen molar-refractivity contribution in [3.8, 4) is 0 Å². The van der Waals surface area contributed by atoms with Gasteiger partial charge in [0.2, 0.25) is 0 Å². The lowest BCUT2D eigenvalue weighted by atomic mass is 9.75. The van der Waals surface area contributed by atoms with Crippen molar-refractivity contribution in [2.24, 2.45) is 18.4 Å². The smallest absolute Gasteiger partial charge is 0.404 e. The Morgan fingerprint density at radius 3 is 2.45 bits per heavy atom. The Balaban J connectivity index is 2.05. The lowest BCUT2D eigenvalue weighted by Crippen LogP contribution is -2.51. The van der Waals surface area contributed by atoms with E-state index in [-0.39, 0.29) is 11.5 Å². The molecule has 22 heavy (non-hydrogen) atoms. The molecule has 0 radical (unpaired) electrons. The summed E-state index contributed by atoms with van der Waals surface area (Å²) in [6.45, 7) is 7.97. The van der Waals surface area contributed by atoms with Crippen LogP contribution in [0.25, 0.3) is 0 Å². The molecule has 1 amide bonds. The lowest BCUT2D eigenvalue weighted by molar-refractivity contribution is 0.142. The van der Waals surface area contributed by atoms with Gasteiger partial charge in [-0.05, 0) is 24.2 Å². The van der Waals surface area contributed by atoms with Gasteiger partial charge in [-0.1, -0.05) is 20.8 Å². The van der Waals surface area contributed by atoms with Crippen LogP contribution in [0.3, 0.4) is 0 Å². The van der Waals surface area contributed by atoms with Crippen molar-refractivity contribution >= 4 is 17.6 Å². The Morgan fingerprint density at radius 2 is 2.05 bits per heavy atom. The molecule has 2 heterocycles. The summed E-state index contributed by atoms with van der Waals surface area (Å²) >= 11 is 0. The summed E-state index contributed by atoms with van der Waals surface area (Å²) < 4.78 is 1.80. The molecule has 7 heteroatoms. The van der Waals surface area contributed by atoms with Gasteiger partial charge in [0.1, 0.15) is 5.82 Å². The molecule has 1 aliphatic rings. The number of amides is 1. The number of aryl methyl sites for hydroxylation is 1. The number of nitrogen functional groups attached to an aromatic ring is 1. The second-order valence-electron chi connectivity index (χ2n) is 7.16. The molecule has 1 atom stereocenters. The van der Waals surface area contributed by atoms with Crippen molar-refractivity contribution in [2.45, 2.75) is 39.7 Å². The predicted molar refractivity (Wildman–Crippen MR) is 87.0 cm³/mol. The first-order valence-corrected chi connectivity index (χ1v) is 7.72. The van der Waals surface area contributed by atoms with Crippen LogP contribution in [0.1, 0.15) is 33.6 Å². The number of rotatable bonds is 3. The average Bonchev–Trinajstić information content (AvgIpc) is 2.75. The van der Waals surface area contributed by atoms with Crippen LogP contribution in [0.5, 0.6) is 0 Å². The van der Waals surface area contributed by atoms with Gasteiger partial charge in [0, 0.05) is 26.2 Å². The van der Waals surface area contributed by atoms with Crippen LogP contribution < -0.4 is 16.0 Å². The predicted octanol–water partition coefficient (Wildman–Crippen LogP) is 1.90. The minimum absolute atomic E-state index is 0.0453. The average molecular weight is 309 g/mol. The number of carboxylic acid groups (broad SMARTS) is 1. The van der Waals surface area contributed by atoms with Crippen molar-refractivity contribution in [1.29, 1.82) is 0 Å². The number of nitrogens with zero attached hydrogens (tertiary/aromatic N) is 3. The van der Waals surface area contributed by atoms with Gasteiger partial charge in [-0.2, -0.15) is 5.10 Å². The van der Waals surface area contributed by atoms with Crippen molar-refractivity contribution in [3.05, 3.63) is 6.20 Å². The van der Waals surface area contributed by atoms with Gasteiger partial charge >= 0.3 is 6.09 Å². The summed E-state index contributed by atoms with van der Waals surface area (Å²) in [5.41, 5.74) is 6.58. The van der Waals surface area contributed by atoms with Gasteiger partial charge in [0.05, 0.1) is 11.9 Å². The summed E-state index contributed by atoms with van der Waals surface area (Å²) in [4.78, 5) is 13.3. The molecule has 0 aromatic carbocycles. The molecular formula is C15H27N5O2. The van der Waals surface area contributed by atoms with Gasteiger partial charge in [0.25, 0.3) is 0 Å². The van der Waals surface area contributed by atoms with E-state index in [0.717, 1.165) is 31.7 Å². The zero-order valence-electron chi connectivity index (χ0n) is 13.8. The van der Waals surface area contributed by atoms with Crippen LogP contribution in [0.2, 0.25) is 0 Å². The third-order valence-electron chi connectivity index (χ3n) is 4.46. The maximum Gasteiger partial charge on any atom is 0.404 e. The topological polar surface area (TPSA) is 96.4 Å². The highest BCUT2D eigenvalue weighted by molar-refractivity contribution is 5.65. The first-order valence-electron chi connectivity index (χ1n) is 7.72. The number of nitrogens with one attached hydrogen (secondary N) is 1. The van der Waals surface area contributed by atoms with Crippen molar-refractivity contribution in [2.75, 3.05) is 23.7 Å². The maximum absolute atomic E-state index is 11.1. The summed E-state index contributed by atoms with van der Waals surface area (Å²) in [6.07, 6.45) is 2.60. The zero-order valence-corrected chi connectivity index (χ0v) is 13.8. The first kappa shape index (κ1) is 16.5. The monoisotopic (exact) mass is 309 g/mol. The van der Waals surface area contributed by atoms with E-state index in [4.69, 9.17) is 10.8 Å². The summed E-state index contributed by atoms with van der Waals surface area (Å²) in [6, 6.07) is -0.0453. The van der Waals surface area contributed by atoms with Gasteiger partial charge < -0.3 is 21.1 Å². The van der Waals surface area contributed by atoms with Crippen LogP contribution in [0.4, 0.5) is 16.3 Å². The molecule has 1 saturated heterocycles. The highest BCUT2D eigenvalue weighted by Gasteiger charge is 2.36. The molecule has 124 valence electrons. The molecule has 0 spiro atoms. The largest absolute Gasteiger partial charge is 0.465 e. The molecule has 1 unspecified atom stereocenters. The van der Waals surface area contributed by atoms with Crippen molar-refractivity contribution in [1.82, 2.24) is 15.1 Å². The Bertz CT molecular complexity index is 507. The number of anilines is 2. The van der Waals surface area contributed by atoms with Crippen LogP contribution in [-0.2, 0) is 7.05 Å². The standard InChI is InChI=1S/C15H27N5O2/c1-15(2,3)12(18-14(21)22)10-5-7-20(8-6-10)13-11(16)9-17-19(13)4/h9-10,12,18H,5-8,16H2,1-4H3,(H,21,22). The number of carbonyl (C=O) groups is 1. The van der Waals surface area contributed by atoms with Crippen LogP contribution in [-0.4, -0.2) is 40.1 Å². The summed E-state index contributed by atoms with van der Waals surface area (Å²) in [5, 5.41) is 16.0. The van der Waals surface area contributed by atoms with Gasteiger partial charge in [0.15, 0.2) is 0 Å². The van der Waals surface area contributed by atoms with Crippen LogP contribution >= 0.6 is 0 Å². The first-order chi connectivity index (χ1) is 10.2. The SMILES string of the molecule is Cn1ncc(N)c1N1CCC(C(NC(=O)O)C(C)(C)C)CC1. The number of piperidine rings is 1. The highest BCUT2D eigenvalue weighted by atomic mass is 16.4. The second kappa shape index (κ2) is 6.06. The Kier molecular flexibility index (Phi) is 4.53. The quantitative estimate of drug-likeness (QED) is 0.792. The molecule has 1 fully saturated rings. The molecule has 2 rings (SSSR count). The zero-order chi connectivity index (χ0) is 16.5. The fourth-order valence-corrected chi connectivity index (χ4v) is 3.45. The highest BCUT2D eigenvalue weighted by Crippen LogP contribution is 2.34. The number of hydrogen-bond donors (Lipinski definition) is 3. The van der Waals surface area contributed by atoms with E-state index in [0.29, 0.717) is 11.6 Å². The Labute approximate surface area is 131 Å². The van der Waals surface area contributed by atoms with E-state index in [1.165, 1.54) is 0 Å². The van der Waals surface area contributed by atoms with Gasteiger partial charge in [-0.15, -0.1) is 0 Å². The van der Waals surface area contributed by atoms with Crippen molar-refractivity contribution in [3.63, 3.8) is 0 Å². The molecule has 7 nitrogen and oxygen atoms in total. The third kappa shape index (κ3) is 3.45. The molecule has 0 aliphatic carbocycles. The van der Waals surface area contributed by atoms with Crippen LogP contribution in [0.15, 0.2) is 6.20 Å². The molecule has 4 N–H and O–H groups in total. The minimum Gasteiger partial charge on any atom is -0.465 e. The van der Waals surface area contributed by atoms with E-state index in [1.54, 1.807) is 10.9 Å². The Hall–Kier alpha value is -1.92. The molecule has 1 aromatic rings. The van der Waals surface area contributed by atoms with Gasteiger partial charge in [-0.25, -0.2) is 4.79 Å². The molecular weight excluding hydrogens is 282 g/mol. The number of aromatic nitrogens is 2. The maximum atomic E-state index is 11.1. The third-order valence-corrected chi connectivity index (χ3v) is 4.46. The Morgan fingerprint density at radius 1 is 1.45 bits per heavy atom. The molecule has 0 bridgehead atoms. The number of hydrogen-bond acceptors (Lipinski definition) is 4. The van der Waals surface area contributed by atoms with E-state index >= 15 is 0 Å². The molecule has 0 saturated carbocycles. The summed E-state index contributed by atoms with van der Waals surface area (Å²) in [7, 11) is 1.89. The molecule has 1 aromatic heterocycles. The van der Waals surface area contributed by atoms with E-state index in [9.17, 15) is 4.79 Å². The van der Waals surface area contributed by atoms with Crippen LogP contribution in [0, 0.1) is 11.3 Å². The normalized spacial score (nSPS) is 18.3. The summed E-state index contributed by atoms with van der Waals surface area (Å²) in [5.74, 6) is 1.29. The lowest BCUT2D eigenvalue weighted by Gasteiger charge is -2.42. The number of nitrogens with two attached hydrogens (primary N) is 1. The van der Waals surface area contributed by atoms with Crippen molar-refractivity contribution < 1.29 is 9.90 Å². The second-order valence-corrected chi connectivity index (χ2v) is 7.16.